The molecule has 3 N–H and O–H groups in total. The largest absolute Gasteiger partial charge is 0.483 e. The van der Waals surface area contributed by atoms with Crippen LogP contribution in [0.15, 0.2) is 53.6 Å². The molecule has 1 aliphatic heterocycles. The van der Waals surface area contributed by atoms with E-state index in [1.54, 1.807) is 47.5 Å². The van der Waals surface area contributed by atoms with Crippen molar-refractivity contribution < 1.29 is 19.4 Å². The van der Waals surface area contributed by atoms with Crippen LogP contribution < -0.4 is 10.9 Å². The van der Waals surface area contributed by atoms with Crippen molar-refractivity contribution in [1.82, 2.24) is 19.7 Å². The maximum absolute atomic E-state index is 12.7. The number of amides is 2. The summed E-state index contributed by atoms with van der Waals surface area (Å²) in [6.45, 7) is 1.91. The standard InChI is InChI=1S/C20H18N6O3.CH2O2/c21-11-14-1-3-15(4-2-14)17-13-23-26(19(17)27)18-6-5-16(12-22-18)24-20(28)25-7-9-29-10-8-25;2-1-3/h1-6,12-13,23H,7-10H2,(H,24,28);1H,(H,2,3). The minimum absolute atomic E-state index is 0.206. The van der Waals surface area contributed by atoms with Crippen LogP contribution in [0.1, 0.15) is 5.56 Å². The van der Waals surface area contributed by atoms with Gasteiger partial charge in [0.15, 0.2) is 5.82 Å². The molecule has 11 nitrogen and oxygen atoms in total. The van der Waals surface area contributed by atoms with E-state index in [2.05, 4.69) is 21.5 Å². The van der Waals surface area contributed by atoms with Crippen molar-refractivity contribution >= 4 is 18.2 Å². The Morgan fingerprint density at radius 1 is 1.22 bits per heavy atom. The second kappa shape index (κ2) is 10.6. The average molecular weight is 436 g/mol. The molecule has 4 rings (SSSR count). The first kappa shape index (κ1) is 22.3. The number of carboxylic acid groups (broad SMARTS) is 1. The van der Waals surface area contributed by atoms with Crippen molar-refractivity contribution in [3.8, 4) is 23.0 Å². The summed E-state index contributed by atoms with van der Waals surface area (Å²) in [5, 5.41) is 21.5. The van der Waals surface area contributed by atoms with E-state index >= 15 is 0 Å². The van der Waals surface area contributed by atoms with E-state index in [4.69, 9.17) is 19.9 Å². The zero-order chi connectivity index (χ0) is 22.9. The Hall–Kier alpha value is -4.43. The second-order valence-corrected chi connectivity index (χ2v) is 6.56. The first-order valence-corrected chi connectivity index (χ1v) is 9.56. The number of hydrogen-bond donors (Lipinski definition) is 3. The topological polar surface area (TPSA) is 153 Å². The first-order valence-electron chi connectivity index (χ1n) is 9.56. The highest BCUT2D eigenvalue weighted by Gasteiger charge is 2.17. The normalized spacial score (nSPS) is 12.8. The van der Waals surface area contributed by atoms with Gasteiger partial charge in [-0.15, -0.1) is 0 Å². The van der Waals surface area contributed by atoms with Gasteiger partial charge in [0.05, 0.1) is 42.3 Å². The van der Waals surface area contributed by atoms with Gasteiger partial charge in [-0.2, -0.15) is 5.26 Å². The number of carbonyl (C=O) groups is 2. The molecule has 0 spiro atoms. The number of nitrogens with one attached hydrogen (secondary N) is 2. The molecule has 3 heterocycles. The highest BCUT2D eigenvalue weighted by Crippen LogP contribution is 2.17. The van der Waals surface area contributed by atoms with Crippen LogP contribution in [-0.2, 0) is 9.53 Å². The number of ether oxygens (including phenoxy) is 1. The van der Waals surface area contributed by atoms with Gasteiger partial charge in [0.1, 0.15) is 0 Å². The summed E-state index contributed by atoms with van der Waals surface area (Å²) in [6.07, 6.45) is 3.10. The predicted octanol–water partition coefficient (Wildman–Crippen LogP) is 1.66. The smallest absolute Gasteiger partial charge is 0.322 e. The molecular formula is C21H20N6O5. The number of carbonyl (C=O) groups excluding carboxylic acids is 1. The molecule has 0 bridgehead atoms. The number of aromatic amines is 1. The Balaban J connectivity index is 0.000000913. The fraction of sp³-hybridized carbons (Fsp3) is 0.190. The molecule has 0 aliphatic carbocycles. The van der Waals surface area contributed by atoms with Crippen LogP contribution in [0.25, 0.3) is 16.9 Å². The Kier molecular flexibility index (Phi) is 7.34. The fourth-order valence-electron chi connectivity index (χ4n) is 3.03. The van der Waals surface area contributed by atoms with Gasteiger partial charge in [0.25, 0.3) is 12.0 Å². The molecule has 0 radical (unpaired) electrons. The zero-order valence-electron chi connectivity index (χ0n) is 16.9. The molecular weight excluding hydrogens is 416 g/mol. The van der Waals surface area contributed by atoms with Gasteiger partial charge in [-0.3, -0.25) is 14.7 Å². The van der Waals surface area contributed by atoms with Gasteiger partial charge in [-0.25, -0.2) is 14.5 Å². The molecule has 164 valence electrons. The Morgan fingerprint density at radius 3 is 2.50 bits per heavy atom. The van der Waals surface area contributed by atoms with Crippen LogP contribution in [-0.4, -0.2) is 63.6 Å². The third-order valence-electron chi connectivity index (χ3n) is 4.62. The molecule has 32 heavy (non-hydrogen) atoms. The number of morpholine rings is 1. The molecule has 0 saturated carbocycles. The van der Waals surface area contributed by atoms with Gasteiger partial charge in [0, 0.05) is 19.3 Å². The molecule has 3 aromatic rings. The van der Waals surface area contributed by atoms with E-state index in [9.17, 15) is 9.59 Å². The van der Waals surface area contributed by atoms with E-state index in [0.29, 0.717) is 54.5 Å². The second-order valence-electron chi connectivity index (χ2n) is 6.56. The summed E-state index contributed by atoms with van der Waals surface area (Å²) < 4.78 is 6.56. The van der Waals surface area contributed by atoms with Crippen molar-refractivity contribution in [2.24, 2.45) is 0 Å². The van der Waals surface area contributed by atoms with Gasteiger partial charge in [-0.05, 0) is 29.8 Å². The van der Waals surface area contributed by atoms with Gasteiger partial charge in [-0.1, -0.05) is 12.1 Å². The lowest BCUT2D eigenvalue weighted by molar-refractivity contribution is -0.122. The summed E-state index contributed by atoms with van der Waals surface area (Å²) in [4.78, 5) is 39.3. The number of anilines is 1. The van der Waals surface area contributed by atoms with Gasteiger partial charge < -0.3 is 20.1 Å². The number of hydrogen-bond acceptors (Lipinski definition) is 6. The highest BCUT2D eigenvalue weighted by atomic mass is 16.5. The summed E-state index contributed by atoms with van der Waals surface area (Å²) >= 11 is 0. The third kappa shape index (κ3) is 5.18. The van der Waals surface area contributed by atoms with Crippen LogP contribution in [0, 0.1) is 11.3 Å². The van der Waals surface area contributed by atoms with Gasteiger partial charge in [0.2, 0.25) is 0 Å². The molecule has 2 aromatic heterocycles. The maximum atomic E-state index is 12.7. The molecule has 1 aromatic carbocycles. The minimum atomic E-state index is -0.257. The number of urea groups is 1. The lowest BCUT2D eigenvalue weighted by atomic mass is 10.1. The molecule has 1 aliphatic rings. The number of H-pyrrole nitrogens is 1. The number of rotatable bonds is 3. The Morgan fingerprint density at radius 2 is 1.91 bits per heavy atom. The minimum Gasteiger partial charge on any atom is -0.483 e. The van der Waals surface area contributed by atoms with Crippen molar-refractivity contribution in [2.75, 3.05) is 31.6 Å². The highest BCUT2D eigenvalue weighted by molar-refractivity contribution is 5.89. The lowest BCUT2D eigenvalue weighted by Crippen LogP contribution is -2.43. The number of aromatic nitrogens is 3. The molecule has 2 amide bonds. The van der Waals surface area contributed by atoms with E-state index < -0.39 is 0 Å². The van der Waals surface area contributed by atoms with E-state index in [1.807, 2.05) is 0 Å². The predicted molar refractivity (Wildman–Crippen MR) is 114 cm³/mol. The molecule has 1 saturated heterocycles. The number of benzene rings is 1. The lowest BCUT2D eigenvalue weighted by Gasteiger charge is -2.26. The van der Waals surface area contributed by atoms with Crippen LogP contribution in [0.2, 0.25) is 0 Å². The van der Waals surface area contributed by atoms with Crippen molar-refractivity contribution in [3.63, 3.8) is 0 Å². The van der Waals surface area contributed by atoms with Crippen LogP contribution in [0.3, 0.4) is 0 Å². The van der Waals surface area contributed by atoms with Crippen LogP contribution in [0.5, 0.6) is 0 Å². The number of pyridine rings is 1. The average Bonchev–Trinajstić information content (AvgIpc) is 3.22. The maximum Gasteiger partial charge on any atom is 0.322 e. The molecule has 0 unspecified atom stereocenters. The number of nitrogens with zero attached hydrogens (tertiary/aromatic N) is 4. The molecule has 1 fully saturated rings. The summed E-state index contributed by atoms with van der Waals surface area (Å²) in [5.74, 6) is 0.402. The first-order chi connectivity index (χ1) is 15.6. The Labute approximate surface area is 182 Å². The molecule has 0 atom stereocenters. The van der Waals surface area contributed by atoms with Crippen LogP contribution >= 0.6 is 0 Å². The third-order valence-corrected chi connectivity index (χ3v) is 4.62. The SMILES string of the molecule is N#Cc1ccc(-c2c[nH]n(-c3ccc(NC(=O)N4CCOCC4)cn3)c2=O)cc1.O=CO. The fourth-order valence-corrected chi connectivity index (χ4v) is 3.03. The van der Waals surface area contributed by atoms with Crippen molar-refractivity contribution in [2.45, 2.75) is 0 Å². The van der Waals surface area contributed by atoms with E-state index in [1.165, 1.54) is 10.9 Å². The van der Waals surface area contributed by atoms with E-state index in [-0.39, 0.29) is 18.1 Å². The monoisotopic (exact) mass is 436 g/mol. The Bertz CT molecular complexity index is 1160. The van der Waals surface area contributed by atoms with Crippen LogP contribution in [0.4, 0.5) is 10.5 Å². The quantitative estimate of drug-likeness (QED) is 0.528. The summed E-state index contributed by atoms with van der Waals surface area (Å²) in [7, 11) is 0. The van der Waals surface area contributed by atoms with Crippen molar-refractivity contribution in [3.05, 3.63) is 64.7 Å². The number of nitriles is 1. The summed E-state index contributed by atoms with van der Waals surface area (Å²) in [5.41, 5.74) is 1.99. The summed E-state index contributed by atoms with van der Waals surface area (Å²) in [6, 6.07) is 12.0. The molecule has 11 heteroatoms. The zero-order valence-corrected chi connectivity index (χ0v) is 16.9. The van der Waals surface area contributed by atoms with Crippen molar-refractivity contribution in [1.29, 1.82) is 5.26 Å². The van der Waals surface area contributed by atoms with Gasteiger partial charge >= 0.3 is 6.03 Å². The van der Waals surface area contributed by atoms with E-state index in [0.717, 1.165) is 0 Å².